The Hall–Kier alpha value is -1.63. The molecule has 6 nitrogen and oxygen atoms in total. The Morgan fingerprint density at radius 2 is 1.75 bits per heavy atom. The molecule has 1 unspecified atom stereocenters. The standard InChI is InChI=1S/C34H56N2O4/c1-35-25-29(23-26-13-4-3-5-14-26)36-33(37)27-15-12-16-28(24-27)34(38,21-10-11-22-39-2)31-19-8-9-20-32(31)40-30-17-6-7-18-30/h8-9,19-20,26-30,35,38H,3-7,10-18,21-25H2,1-2H3,(H,36,37)/t27?,28-,29+,34+/m1/s1. The average Bonchev–Trinajstić information content (AvgIpc) is 3.49. The fourth-order valence-electron chi connectivity index (χ4n) is 7.76. The van der Waals surface area contributed by atoms with Gasteiger partial charge in [0.05, 0.1) is 11.7 Å². The lowest BCUT2D eigenvalue weighted by atomic mass is 9.68. The summed E-state index contributed by atoms with van der Waals surface area (Å²) >= 11 is 0. The van der Waals surface area contributed by atoms with Crippen LogP contribution in [0.4, 0.5) is 0 Å². The van der Waals surface area contributed by atoms with Crippen molar-refractivity contribution in [2.75, 3.05) is 27.3 Å². The van der Waals surface area contributed by atoms with Crippen molar-refractivity contribution in [2.24, 2.45) is 17.8 Å². The third kappa shape index (κ3) is 8.69. The average molecular weight is 557 g/mol. The molecule has 3 fully saturated rings. The zero-order valence-electron chi connectivity index (χ0n) is 25.3. The van der Waals surface area contributed by atoms with Crippen LogP contribution in [-0.4, -0.2) is 50.5 Å². The van der Waals surface area contributed by atoms with Gasteiger partial charge in [0.15, 0.2) is 0 Å². The number of methoxy groups -OCH3 is 1. The molecule has 3 saturated carbocycles. The lowest BCUT2D eigenvalue weighted by molar-refractivity contribution is -0.129. The van der Waals surface area contributed by atoms with E-state index in [4.69, 9.17) is 9.47 Å². The number of hydrogen-bond acceptors (Lipinski definition) is 5. The van der Waals surface area contributed by atoms with Gasteiger partial charge in [0, 0.05) is 37.8 Å². The summed E-state index contributed by atoms with van der Waals surface area (Å²) in [6.07, 6.45) is 18.4. The smallest absolute Gasteiger partial charge is 0.223 e. The summed E-state index contributed by atoms with van der Waals surface area (Å²) in [5.74, 6) is 1.70. The fourth-order valence-corrected chi connectivity index (χ4v) is 7.76. The monoisotopic (exact) mass is 556 g/mol. The Morgan fingerprint density at radius 1 is 1.00 bits per heavy atom. The number of aliphatic hydroxyl groups is 1. The van der Waals surface area contributed by atoms with Crippen molar-refractivity contribution in [2.45, 2.75) is 127 Å². The minimum atomic E-state index is -1.02. The predicted molar refractivity (Wildman–Crippen MR) is 161 cm³/mol. The fraction of sp³-hybridized carbons (Fsp3) is 0.794. The number of amides is 1. The highest BCUT2D eigenvalue weighted by molar-refractivity contribution is 5.79. The SMILES string of the molecule is CNC[C@H](CC1CCCCC1)NC(=O)C1CCC[C@@H]([C@@](O)(CCCCOC)c2ccccc2OC2CCCC2)C1. The number of ether oxygens (including phenoxy) is 2. The number of nitrogens with one attached hydrogen (secondary N) is 2. The molecule has 1 aromatic rings. The van der Waals surface area contributed by atoms with Crippen LogP contribution in [0.15, 0.2) is 24.3 Å². The van der Waals surface area contributed by atoms with Crippen molar-refractivity contribution in [3.63, 3.8) is 0 Å². The van der Waals surface area contributed by atoms with Crippen molar-refractivity contribution in [3.05, 3.63) is 29.8 Å². The first-order chi connectivity index (χ1) is 19.5. The molecule has 0 spiro atoms. The second-order valence-corrected chi connectivity index (χ2v) is 13.0. The Bertz CT molecular complexity index is 882. The Morgan fingerprint density at radius 3 is 2.50 bits per heavy atom. The number of carbonyl (C=O) groups is 1. The van der Waals surface area contributed by atoms with Crippen LogP contribution < -0.4 is 15.4 Å². The minimum Gasteiger partial charge on any atom is -0.490 e. The summed E-state index contributed by atoms with van der Waals surface area (Å²) in [6, 6.07) is 8.32. The number of unbranched alkanes of at least 4 members (excludes halogenated alkanes) is 1. The van der Waals surface area contributed by atoms with Crippen molar-refractivity contribution in [3.8, 4) is 5.75 Å². The predicted octanol–water partition coefficient (Wildman–Crippen LogP) is 6.49. The Labute approximate surface area is 243 Å². The molecule has 0 saturated heterocycles. The second kappa shape index (κ2) is 16.1. The molecule has 1 aromatic carbocycles. The number of carbonyl (C=O) groups excluding carboxylic acids is 1. The van der Waals surface area contributed by atoms with Crippen LogP contribution in [0.25, 0.3) is 0 Å². The van der Waals surface area contributed by atoms with Crippen LogP contribution in [0.1, 0.15) is 115 Å². The number of likely N-dealkylation sites (N-methyl/N-ethyl adjacent to an activating group) is 1. The first-order valence-corrected chi connectivity index (χ1v) is 16.5. The van der Waals surface area contributed by atoms with Crippen molar-refractivity contribution >= 4 is 5.91 Å². The molecule has 0 aromatic heterocycles. The highest BCUT2D eigenvalue weighted by atomic mass is 16.5. The van der Waals surface area contributed by atoms with E-state index in [2.05, 4.69) is 16.7 Å². The van der Waals surface area contributed by atoms with Gasteiger partial charge >= 0.3 is 0 Å². The van der Waals surface area contributed by atoms with Gasteiger partial charge in [-0.15, -0.1) is 0 Å². The number of benzene rings is 1. The Kier molecular flexibility index (Phi) is 12.6. The summed E-state index contributed by atoms with van der Waals surface area (Å²) < 4.78 is 11.8. The molecule has 3 aliphatic carbocycles. The molecule has 0 radical (unpaired) electrons. The van der Waals surface area contributed by atoms with E-state index in [1.54, 1.807) is 7.11 Å². The van der Waals surface area contributed by atoms with Crippen LogP contribution >= 0.6 is 0 Å². The van der Waals surface area contributed by atoms with E-state index >= 15 is 0 Å². The van der Waals surface area contributed by atoms with Crippen LogP contribution in [0.5, 0.6) is 5.75 Å². The summed E-state index contributed by atoms with van der Waals surface area (Å²) in [6.45, 7) is 1.51. The topological polar surface area (TPSA) is 79.8 Å². The molecule has 40 heavy (non-hydrogen) atoms. The molecule has 1 amide bonds. The van der Waals surface area contributed by atoms with Gasteiger partial charge in [0.25, 0.3) is 0 Å². The van der Waals surface area contributed by atoms with Crippen LogP contribution in [0.3, 0.4) is 0 Å². The van der Waals surface area contributed by atoms with Gasteiger partial charge in [-0.2, -0.15) is 0 Å². The molecular weight excluding hydrogens is 500 g/mol. The lowest BCUT2D eigenvalue weighted by Gasteiger charge is -2.42. The highest BCUT2D eigenvalue weighted by Crippen LogP contribution is 2.47. The van der Waals surface area contributed by atoms with Gasteiger partial charge in [-0.1, -0.05) is 56.7 Å². The molecule has 226 valence electrons. The zero-order chi connectivity index (χ0) is 28.2. The van der Waals surface area contributed by atoms with E-state index < -0.39 is 5.60 Å². The van der Waals surface area contributed by atoms with Crippen molar-refractivity contribution in [1.29, 1.82) is 0 Å². The molecule has 4 atom stereocenters. The second-order valence-electron chi connectivity index (χ2n) is 13.0. The summed E-state index contributed by atoms with van der Waals surface area (Å²) in [5.41, 5.74) is -0.107. The van der Waals surface area contributed by atoms with E-state index in [0.717, 1.165) is 81.6 Å². The van der Waals surface area contributed by atoms with Crippen LogP contribution in [0.2, 0.25) is 0 Å². The Balaban J connectivity index is 1.48. The minimum absolute atomic E-state index is 0.0222. The van der Waals surface area contributed by atoms with Crippen LogP contribution in [-0.2, 0) is 15.1 Å². The van der Waals surface area contributed by atoms with Gasteiger partial charge in [-0.25, -0.2) is 0 Å². The van der Waals surface area contributed by atoms with E-state index in [1.807, 2.05) is 25.2 Å². The number of hydrogen-bond donors (Lipinski definition) is 3. The van der Waals surface area contributed by atoms with E-state index in [0.29, 0.717) is 13.0 Å². The first kappa shape index (κ1) is 31.3. The molecule has 0 bridgehead atoms. The van der Waals surface area contributed by atoms with Crippen molar-refractivity contribution < 1.29 is 19.4 Å². The molecule has 6 heteroatoms. The first-order valence-electron chi connectivity index (χ1n) is 16.5. The van der Waals surface area contributed by atoms with Gasteiger partial charge < -0.3 is 25.2 Å². The molecule has 3 N–H and O–H groups in total. The van der Waals surface area contributed by atoms with Gasteiger partial charge in [0.2, 0.25) is 5.91 Å². The van der Waals surface area contributed by atoms with E-state index in [1.165, 1.54) is 44.9 Å². The number of para-hydroxylation sites is 1. The molecule has 3 aliphatic rings. The lowest BCUT2D eigenvalue weighted by Crippen LogP contribution is -2.47. The quantitative estimate of drug-likeness (QED) is 0.215. The van der Waals surface area contributed by atoms with Gasteiger partial charge in [-0.3, -0.25) is 4.79 Å². The largest absolute Gasteiger partial charge is 0.490 e. The molecule has 0 aliphatic heterocycles. The van der Waals surface area contributed by atoms with Gasteiger partial charge in [0.1, 0.15) is 5.75 Å². The van der Waals surface area contributed by atoms with Crippen molar-refractivity contribution in [1.82, 2.24) is 10.6 Å². The van der Waals surface area contributed by atoms with Gasteiger partial charge in [-0.05, 0) is 95.6 Å². The van der Waals surface area contributed by atoms with E-state index in [-0.39, 0.29) is 29.9 Å². The third-order valence-corrected chi connectivity index (χ3v) is 9.97. The highest BCUT2D eigenvalue weighted by Gasteiger charge is 2.44. The molecule has 4 rings (SSSR count). The molecule has 0 heterocycles. The number of rotatable bonds is 15. The normalized spacial score (nSPS) is 24.9. The third-order valence-electron chi connectivity index (χ3n) is 9.97. The zero-order valence-corrected chi connectivity index (χ0v) is 25.3. The van der Waals surface area contributed by atoms with E-state index in [9.17, 15) is 9.90 Å². The summed E-state index contributed by atoms with van der Waals surface area (Å²) in [5, 5.41) is 19.3. The van der Waals surface area contributed by atoms with Crippen LogP contribution in [0, 0.1) is 17.8 Å². The summed E-state index contributed by atoms with van der Waals surface area (Å²) in [7, 11) is 3.71. The molecular formula is C34H56N2O4. The summed E-state index contributed by atoms with van der Waals surface area (Å²) in [4.78, 5) is 13.7. The maximum absolute atomic E-state index is 13.7. The maximum Gasteiger partial charge on any atom is 0.223 e. The maximum atomic E-state index is 13.7.